The van der Waals surface area contributed by atoms with Crippen molar-refractivity contribution in [3.05, 3.63) is 125 Å². The van der Waals surface area contributed by atoms with E-state index in [1.54, 1.807) is 92.8 Å². The van der Waals surface area contributed by atoms with E-state index in [1.807, 2.05) is 19.9 Å². The molecule has 1 aliphatic rings. The van der Waals surface area contributed by atoms with Crippen molar-refractivity contribution in [2.75, 3.05) is 13.2 Å². The number of hydrogen-bond donors (Lipinski definition) is 0. The molecule has 5 aromatic rings. The Morgan fingerprint density at radius 1 is 0.720 bits per heavy atom. The van der Waals surface area contributed by atoms with Crippen LogP contribution in [-0.4, -0.2) is 49.9 Å². The van der Waals surface area contributed by atoms with E-state index in [2.05, 4.69) is 0 Å². The minimum Gasteiger partial charge on any atom is -0.466 e. The Morgan fingerprint density at radius 2 is 1.30 bits per heavy atom. The lowest BCUT2D eigenvalue weighted by atomic mass is 9.92. The highest BCUT2D eigenvalue weighted by atomic mass is 32.2. The number of fused-ring (bicyclic) bond motifs is 2. The first kappa shape index (κ1) is 36.3. The highest BCUT2D eigenvalue weighted by molar-refractivity contribution is 7.90. The summed E-state index contributed by atoms with van der Waals surface area (Å²) in [5.74, 6) is -0.719. The molecular weight excluding hydrogens is 677 g/mol. The van der Waals surface area contributed by atoms with Crippen LogP contribution in [0.5, 0.6) is 0 Å². The van der Waals surface area contributed by atoms with Crippen LogP contribution in [0.3, 0.4) is 0 Å². The van der Waals surface area contributed by atoms with Gasteiger partial charge in [-0.25, -0.2) is 29.6 Å². The lowest BCUT2D eigenvalue weighted by Gasteiger charge is -2.18. The summed E-state index contributed by atoms with van der Waals surface area (Å²) in [7, 11) is -7.34. The smallest absolute Gasteiger partial charge is 0.331 e. The molecule has 2 heterocycles. The van der Waals surface area contributed by atoms with E-state index in [4.69, 9.17) is 9.47 Å². The van der Waals surface area contributed by atoms with Gasteiger partial charge in [0, 0.05) is 29.5 Å². The molecule has 0 N–H and O–H groups in total. The third kappa shape index (κ3) is 7.76. The number of benzene rings is 3. The van der Waals surface area contributed by atoms with Gasteiger partial charge in [-0.2, -0.15) is 0 Å². The molecule has 0 fully saturated rings. The fourth-order valence-electron chi connectivity index (χ4n) is 5.85. The predicted octanol–water partition coefficient (Wildman–Crippen LogP) is 6.61. The summed E-state index contributed by atoms with van der Waals surface area (Å²) in [4.78, 5) is 24.0. The summed E-state index contributed by atoms with van der Waals surface area (Å²) in [6, 6.07) is 22.3. The first-order valence-corrected chi connectivity index (χ1v) is 19.2. The van der Waals surface area contributed by atoms with E-state index in [0.717, 1.165) is 51.7 Å². The van der Waals surface area contributed by atoms with Crippen molar-refractivity contribution in [3.8, 4) is 0 Å². The van der Waals surface area contributed by atoms with E-state index in [9.17, 15) is 26.4 Å². The molecule has 0 radical (unpaired) electrons. The number of ether oxygens (including phenoxy) is 2. The molecule has 0 bridgehead atoms. The Hall–Kier alpha value is -4.94. The molecule has 2 aromatic heterocycles. The van der Waals surface area contributed by atoms with Crippen molar-refractivity contribution in [1.29, 1.82) is 0 Å². The normalized spacial score (nSPS) is 13.7. The number of aromatic nitrogens is 2. The van der Waals surface area contributed by atoms with Gasteiger partial charge in [-0.1, -0.05) is 47.5 Å². The highest BCUT2D eigenvalue weighted by Crippen LogP contribution is 2.33. The highest BCUT2D eigenvalue weighted by Gasteiger charge is 2.26. The molecule has 12 heteroatoms. The monoisotopic (exact) mass is 716 g/mol. The first-order valence-electron chi connectivity index (χ1n) is 16.3. The maximum Gasteiger partial charge on any atom is 0.331 e. The van der Waals surface area contributed by atoms with E-state index >= 15 is 0 Å². The predicted molar refractivity (Wildman–Crippen MR) is 192 cm³/mol. The summed E-state index contributed by atoms with van der Waals surface area (Å²) >= 11 is 0. The van der Waals surface area contributed by atoms with Gasteiger partial charge < -0.3 is 9.47 Å². The topological polar surface area (TPSA) is 131 Å². The molecule has 0 saturated heterocycles. The van der Waals surface area contributed by atoms with Gasteiger partial charge in [0.25, 0.3) is 20.0 Å². The zero-order chi connectivity index (χ0) is 36.1. The van der Waals surface area contributed by atoms with Crippen LogP contribution in [0.25, 0.3) is 16.5 Å². The number of aryl methyl sites for hydroxylation is 2. The summed E-state index contributed by atoms with van der Waals surface area (Å²) in [6.45, 7) is 7.97. The lowest BCUT2D eigenvalue weighted by Crippen LogP contribution is -2.17. The second-order valence-corrected chi connectivity index (χ2v) is 15.5. The van der Waals surface area contributed by atoms with E-state index in [-0.39, 0.29) is 28.2 Å². The van der Waals surface area contributed by atoms with Crippen LogP contribution in [-0.2, 0) is 52.0 Å². The fourth-order valence-corrected chi connectivity index (χ4v) is 8.61. The fraction of sp³-hybridized carbons (Fsp3) is 0.263. The summed E-state index contributed by atoms with van der Waals surface area (Å²) in [6.07, 6.45) is 6.88. The van der Waals surface area contributed by atoms with Crippen LogP contribution in [0.15, 0.2) is 107 Å². The molecule has 10 nitrogen and oxygen atoms in total. The van der Waals surface area contributed by atoms with E-state index in [0.29, 0.717) is 25.2 Å². The van der Waals surface area contributed by atoms with Gasteiger partial charge in [-0.3, -0.25) is 4.79 Å². The Labute approximate surface area is 293 Å². The van der Waals surface area contributed by atoms with Gasteiger partial charge in [0.15, 0.2) is 0 Å². The van der Waals surface area contributed by atoms with Crippen LogP contribution < -0.4 is 0 Å². The number of esters is 2. The largest absolute Gasteiger partial charge is 0.466 e. The van der Waals surface area contributed by atoms with Gasteiger partial charge in [0.05, 0.1) is 34.9 Å². The molecule has 0 aliphatic heterocycles. The Bertz CT molecular complexity index is 2260. The summed E-state index contributed by atoms with van der Waals surface area (Å²) in [5, 5.41) is 0.728. The van der Waals surface area contributed by atoms with Crippen molar-refractivity contribution in [2.45, 2.75) is 63.2 Å². The van der Waals surface area contributed by atoms with Crippen LogP contribution in [0, 0.1) is 13.8 Å². The standard InChI is InChI=1S/C19H21NO4S.C19H19NO4S/c2*1-3-24-19(21)13-15-5-4-6-18-17(15)11-12-20(18)25(22,23)16-9-7-14(2)8-10-16/h7-13H,3-6H2,1-2H3;4-12H,3,13H2,1-2H3. The van der Waals surface area contributed by atoms with Crippen molar-refractivity contribution in [3.63, 3.8) is 0 Å². The maximum absolute atomic E-state index is 13.0. The Kier molecular flexibility index (Phi) is 11.1. The summed E-state index contributed by atoms with van der Waals surface area (Å²) in [5.41, 5.74) is 5.66. The van der Waals surface area contributed by atoms with Crippen LogP contribution in [0.2, 0.25) is 0 Å². The zero-order valence-electron chi connectivity index (χ0n) is 28.5. The molecule has 0 atom stereocenters. The number of carbonyl (C=O) groups is 2. The molecule has 262 valence electrons. The van der Waals surface area contributed by atoms with Crippen molar-refractivity contribution >= 4 is 48.5 Å². The number of allylic oxidation sites excluding steroid dienone is 1. The minimum atomic E-state index is -3.69. The van der Waals surface area contributed by atoms with Crippen LogP contribution in [0.1, 0.15) is 54.6 Å². The van der Waals surface area contributed by atoms with Crippen molar-refractivity contribution in [1.82, 2.24) is 7.94 Å². The molecule has 0 unspecified atom stereocenters. The lowest BCUT2D eigenvalue weighted by molar-refractivity contribution is -0.142. The number of hydrogen-bond acceptors (Lipinski definition) is 8. The molecular formula is C38H40N2O8S2. The molecule has 50 heavy (non-hydrogen) atoms. The molecule has 0 amide bonds. The SMILES string of the molecule is CCOC(=O)C=C1CCCc2c1ccn2S(=O)(=O)c1ccc(C)cc1.CCOC(=O)Cc1cccc2c1ccn2S(=O)(=O)c1ccc(C)cc1. The zero-order valence-corrected chi connectivity index (χ0v) is 30.1. The average molecular weight is 717 g/mol. The first-order chi connectivity index (χ1) is 23.9. The third-order valence-electron chi connectivity index (χ3n) is 8.32. The molecule has 1 aliphatic carbocycles. The average Bonchev–Trinajstić information content (AvgIpc) is 3.73. The maximum atomic E-state index is 13.0. The molecule has 3 aromatic carbocycles. The molecule has 0 saturated carbocycles. The van der Waals surface area contributed by atoms with Crippen molar-refractivity contribution < 1.29 is 35.9 Å². The quantitative estimate of drug-likeness (QED) is 0.123. The molecule has 0 spiro atoms. The Morgan fingerprint density at radius 3 is 1.90 bits per heavy atom. The van der Waals surface area contributed by atoms with Gasteiger partial charge in [-0.05, 0) is 106 Å². The molecule has 6 rings (SSSR count). The van der Waals surface area contributed by atoms with E-state index in [1.165, 1.54) is 20.2 Å². The van der Waals surface area contributed by atoms with Crippen LogP contribution >= 0.6 is 0 Å². The van der Waals surface area contributed by atoms with Crippen molar-refractivity contribution in [2.24, 2.45) is 0 Å². The Balaban J connectivity index is 0.000000194. The van der Waals surface area contributed by atoms with Gasteiger partial charge in [0.1, 0.15) is 0 Å². The van der Waals surface area contributed by atoms with Gasteiger partial charge in [-0.15, -0.1) is 0 Å². The number of nitrogens with zero attached hydrogens (tertiary/aromatic N) is 2. The summed E-state index contributed by atoms with van der Waals surface area (Å²) < 4.78 is 64.3. The van der Waals surface area contributed by atoms with Gasteiger partial charge >= 0.3 is 11.9 Å². The van der Waals surface area contributed by atoms with E-state index < -0.39 is 20.0 Å². The second kappa shape index (κ2) is 15.3. The van der Waals surface area contributed by atoms with Gasteiger partial charge in [0.2, 0.25) is 0 Å². The van der Waals surface area contributed by atoms with Crippen LogP contribution in [0.4, 0.5) is 0 Å². The number of carbonyl (C=O) groups excluding carboxylic acids is 2. The second-order valence-electron chi connectivity index (χ2n) is 11.8. The minimum absolute atomic E-state index is 0.111. The third-order valence-corrected chi connectivity index (χ3v) is 11.8. The number of rotatable bonds is 9.